The van der Waals surface area contributed by atoms with E-state index in [4.69, 9.17) is 19.2 Å². The minimum absolute atomic E-state index is 0.0909. The van der Waals surface area contributed by atoms with Gasteiger partial charge in [0.05, 0.1) is 0 Å². The quantitative estimate of drug-likeness (QED) is 0.339. The molecule has 0 amide bonds. The second-order valence-corrected chi connectivity index (χ2v) is 11.3. The van der Waals surface area contributed by atoms with Crippen LogP contribution in [0.4, 0.5) is 11.4 Å². The molecule has 1 N–H and O–H groups in total. The van der Waals surface area contributed by atoms with E-state index < -0.39 is 17.2 Å². The molecule has 4 aromatic rings. The van der Waals surface area contributed by atoms with Crippen LogP contribution in [0.3, 0.4) is 0 Å². The van der Waals surface area contributed by atoms with Crippen molar-refractivity contribution in [1.29, 1.82) is 5.26 Å². The lowest BCUT2D eigenvalue weighted by atomic mass is 9.90. The minimum atomic E-state index is -1.24. The summed E-state index contributed by atoms with van der Waals surface area (Å²) in [6.07, 6.45) is 8.30. The zero-order valence-corrected chi connectivity index (χ0v) is 22.6. The molecular weight excluding hydrogens is 522 g/mol. The maximum absolute atomic E-state index is 11.8. The number of nitrogens with zero attached hydrogens (tertiary/aromatic N) is 3. The molecule has 0 unspecified atom stereocenters. The topological polar surface area (TPSA) is 128 Å². The van der Waals surface area contributed by atoms with Gasteiger partial charge in [-0.1, -0.05) is 0 Å². The van der Waals surface area contributed by atoms with Crippen molar-refractivity contribution in [3.8, 4) is 6.07 Å². The Labute approximate surface area is 235 Å². The summed E-state index contributed by atoms with van der Waals surface area (Å²) in [6, 6.07) is 9.12. The van der Waals surface area contributed by atoms with Gasteiger partial charge in [0.1, 0.15) is 28.4 Å². The van der Waals surface area contributed by atoms with E-state index in [1.807, 2.05) is 12.1 Å². The van der Waals surface area contributed by atoms with E-state index in [0.29, 0.717) is 11.2 Å². The lowest BCUT2D eigenvalue weighted by Gasteiger charge is -2.37. The second-order valence-electron chi connectivity index (χ2n) is 11.3. The lowest BCUT2D eigenvalue weighted by molar-refractivity contribution is 0.0692. The second kappa shape index (κ2) is 9.81. The Morgan fingerprint density at radius 3 is 1.73 bits per heavy atom. The molecule has 0 aliphatic carbocycles. The van der Waals surface area contributed by atoms with Crippen LogP contribution in [0.1, 0.15) is 63.9 Å². The molecule has 4 aliphatic heterocycles. The molecule has 9 nitrogen and oxygen atoms in total. The van der Waals surface area contributed by atoms with Crippen LogP contribution in [-0.4, -0.2) is 37.3 Å². The standard InChI is InChI=1S/C16H14N2O2.C16H15NO4/c17-9-12-8-11-7-10-3-1-5-18-6-2-4-13(14(10)18)15(11)20-16(12)19;18-15(19)12-8-10-7-9-3-1-5-17-6-2-4-11(13(9)17)14(10)21-16(12)20/h7-8H,1-6H2;7-8H,1-6H2,(H,18,19). The summed E-state index contributed by atoms with van der Waals surface area (Å²) in [5.41, 5.74) is 7.05. The first kappa shape index (κ1) is 25.4. The molecule has 41 heavy (non-hydrogen) atoms. The van der Waals surface area contributed by atoms with Crippen molar-refractivity contribution >= 4 is 39.3 Å². The summed E-state index contributed by atoms with van der Waals surface area (Å²) < 4.78 is 10.8. The molecule has 6 heterocycles. The van der Waals surface area contributed by atoms with Crippen molar-refractivity contribution in [2.75, 3.05) is 36.0 Å². The molecule has 2 aromatic heterocycles. The first-order valence-corrected chi connectivity index (χ1v) is 14.3. The van der Waals surface area contributed by atoms with Gasteiger partial charge in [-0.3, -0.25) is 0 Å². The summed E-state index contributed by atoms with van der Waals surface area (Å²) in [5.74, 6) is -1.24. The number of carboxylic acids is 1. The highest BCUT2D eigenvalue weighted by Crippen LogP contribution is 2.41. The van der Waals surface area contributed by atoms with E-state index in [1.165, 1.54) is 35.0 Å². The Kier molecular flexibility index (Phi) is 6.07. The van der Waals surface area contributed by atoms with Crippen LogP contribution in [0.15, 0.2) is 42.7 Å². The zero-order valence-electron chi connectivity index (χ0n) is 22.6. The van der Waals surface area contributed by atoms with Crippen LogP contribution < -0.4 is 21.1 Å². The van der Waals surface area contributed by atoms with Gasteiger partial charge in [-0.25, -0.2) is 14.4 Å². The van der Waals surface area contributed by atoms with E-state index in [0.717, 1.165) is 93.0 Å². The van der Waals surface area contributed by atoms with E-state index in [-0.39, 0.29) is 11.1 Å². The monoisotopic (exact) mass is 551 g/mol. The Morgan fingerprint density at radius 2 is 1.22 bits per heavy atom. The maximum atomic E-state index is 11.8. The highest BCUT2D eigenvalue weighted by molar-refractivity contribution is 5.95. The number of rotatable bonds is 1. The molecule has 4 aliphatic rings. The highest BCUT2D eigenvalue weighted by Gasteiger charge is 2.28. The summed E-state index contributed by atoms with van der Waals surface area (Å²) in [5, 5.41) is 19.7. The predicted octanol–water partition coefficient (Wildman–Crippen LogP) is 4.55. The number of nitriles is 1. The van der Waals surface area contributed by atoms with Crippen LogP contribution >= 0.6 is 0 Å². The SMILES string of the molecule is N#Cc1cc2cc3c4c(c2oc1=O)CCCN4CCC3.O=C(O)c1cc2cc3c4c(c2oc1=O)CCCN4CCC3. The van der Waals surface area contributed by atoms with Gasteiger partial charge in [-0.15, -0.1) is 0 Å². The molecule has 0 fully saturated rings. The van der Waals surface area contributed by atoms with Crippen molar-refractivity contribution in [2.45, 2.75) is 51.4 Å². The number of carboxylic acid groups (broad SMARTS) is 1. The van der Waals surface area contributed by atoms with Crippen molar-refractivity contribution in [3.05, 3.63) is 78.5 Å². The third-order valence-corrected chi connectivity index (χ3v) is 8.78. The normalized spacial score (nSPS) is 16.9. The first-order valence-electron chi connectivity index (χ1n) is 14.3. The van der Waals surface area contributed by atoms with Gasteiger partial charge < -0.3 is 23.7 Å². The molecule has 0 atom stereocenters. The number of benzene rings is 2. The van der Waals surface area contributed by atoms with Crippen molar-refractivity contribution in [3.63, 3.8) is 0 Å². The molecule has 0 radical (unpaired) electrons. The predicted molar refractivity (Wildman–Crippen MR) is 154 cm³/mol. The first-order chi connectivity index (χ1) is 19.9. The number of carbonyl (C=O) groups is 1. The lowest BCUT2D eigenvalue weighted by Crippen LogP contribution is -2.34. The molecule has 2 aromatic carbocycles. The average molecular weight is 552 g/mol. The average Bonchev–Trinajstić information content (AvgIpc) is 2.98. The van der Waals surface area contributed by atoms with E-state index in [2.05, 4.69) is 15.9 Å². The fraction of sp³-hybridized carbons (Fsp3) is 0.375. The van der Waals surface area contributed by atoms with Crippen LogP contribution in [0, 0.1) is 11.3 Å². The number of aromatic carboxylic acids is 1. The van der Waals surface area contributed by atoms with Crippen LogP contribution in [0.5, 0.6) is 0 Å². The van der Waals surface area contributed by atoms with Crippen molar-refractivity contribution in [1.82, 2.24) is 0 Å². The Balaban J connectivity index is 0.000000135. The third kappa shape index (κ3) is 4.17. The number of hydrogen-bond donors (Lipinski definition) is 1. The molecule has 208 valence electrons. The van der Waals surface area contributed by atoms with Gasteiger partial charge in [-0.2, -0.15) is 5.26 Å². The number of fused-ring (bicyclic) bond motifs is 4. The Hall–Kier alpha value is -4.58. The molecule has 9 heteroatoms. The molecule has 0 saturated heterocycles. The molecule has 0 spiro atoms. The van der Waals surface area contributed by atoms with Gasteiger partial charge >= 0.3 is 17.2 Å². The van der Waals surface area contributed by atoms with Crippen LogP contribution in [-0.2, 0) is 25.7 Å². The van der Waals surface area contributed by atoms with Crippen LogP contribution in [0.25, 0.3) is 21.9 Å². The molecule has 0 bridgehead atoms. The summed E-state index contributed by atoms with van der Waals surface area (Å²) in [4.78, 5) is 39.5. The fourth-order valence-corrected chi connectivity index (χ4v) is 7.12. The van der Waals surface area contributed by atoms with Gasteiger partial charge in [-0.05, 0) is 86.8 Å². The largest absolute Gasteiger partial charge is 0.477 e. The van der Waals surface area contributed by atoms with Gasteiger partial charge in [0.2, 0.25) is 0 Å². The van der Waals surface area contributed by atoms with E-state index in [9.17, 15) is 14.4 Å². The third-order valence-electron chi connectivity index (χ3n) is 8.78. The van der Waals surface area contributed by atoms with Gasteiger partial charge in [0.25, 0.3) is 0 Å². The zero-order chi connectivity index (χ0) is 28.2. The smallest absolute Gasteiger partial charge is 0.354 e. The van der Waals surface area contributed by atoms with Crippen LogP contribution in [0.2, 0.25) is 0 Å². The van der Waals surface area contributed by atoms with Crippen molar-refractivity contribution in [2.24, 2.45) is 0 Å². The Bertz CT molecular complexity index is 1910. The Morgan fingerprint density at radius 1 is 0.732 bits per heavy atom. The van der Waals surface area contributed by atoms with Gasteiger partial charge in [0, 0.05) is 59.5 Å². The van der Waals surface area contributed by atoms with E-state index in [1.54, 1.807) is 6.07 Å². The summed E-state index contributed by atoms with van der Waals surface area (Å²) >= 11 is 0. The fourth-order valence-electron chi connectivity index (χ4n) is 7.12. The molecule has 0 saturated carbocycles. The molecular formula is C32H29N3O6. The van der Waals surface area contributed by atoms with E-state index >= 15 is 0 Å². The van der Waals surface area contributed by atoms with Crippen molar-refractivity contribution < 1.29 is 18.7 Å². The van der Waals surface area contributed by atoms with Gasteiger partial charge in [0.15, 0.2) is 0 Å². The number of hydrogen-bond acceptors (Lipinski definition) is 8. The maximum Gasteiger partial charge on any atom is 0.354 e. The summed E-state index contributed by atoms with van der Waals surface area (Å²) in [7, 11) is 0. The minimum Gasteiger partial charge on any atom is -0.477 e. The molecule has 8 rings (SSSR count). The summed E-state index contributed by atoms with van der Waals surface area (Å²) in [6.45, 7) is 4.27. The number of anilines is 2. The number of aryl methyl sites for hydroxylation is 4. The highest BCUT2D eigenvalue weighted by atomic mass is 16.4.